The van der Waals surface area contributed by atoms with Crippen LogP contribution >= 0.6 is 11.6 Å². The van der Waals surface area contributed by atoms with Gasteiger partial charge in [0.25, 0.3) is 0 Å². The molecule has 3 N–H and O–H groups in total. The average Bonchev–Trinajstić information content (AvgIpc) is 2.21. The molecule has 0 aromatic heterocycles. The molecule has 84 valence electrons. The number of hydrogen-bond acceptors (Lipinski definition) is 3. The van der Waals surface area contributed by atoms with Crippen LogP contribution in [0.25, 0.3) is 0 Å². The van der Waals surface area contributed by atoms with E-state index in [2.05, 4.69) is 4.90 Å². The molecule has 15 heavy (non-hydrogen) atoms. The van der Waals surface area contributed by atoms with E-state index < -0.39 is 0 Å². The first-order valence-corrected chi connectivity index (χ1v) is 5.38. The molecule has 1 aromatic rings. The van der Waals surface area contributed by atoms with E-state index in [0.29, 0.717) is 18.1 Å². The summed E-state index contributed by atoms with van der Waals surface area (Å²) in [6.45, 7) is 2.23. The van der Waals surface area contributed by atoms with Gasteiger partial charge in [0.2, 0.25) is 0 Å². The van der Waals surface area contributed by atoms with Crippen LogP contribution in [0.3, 0.4) is 0 Å². The summed E-state index contributed by atoms with van der Waals surface area (Å²) in [7, 11) is 1.98. The molecule has 1 rings (SSSR count). The normalized spacial score (nSPS) is 10.9. The molecule has 0 saturated heterocycles. The van der Waals surface area contributed by atoms with Crippen molar-refractivity contribution in [1.82, 2.24) is 4.90 Å². The number of hydrogen-bond donors (Lipinski definition) is 2. The SMILES string of the molecule is CN(CCCN)Cc1c(O)cccc1Cl. The Morgan fingerprint density at radius 1 is 1.47 bits per heavy atom. The first-order valence-electron chi connectivity index (χ1n) is 5.00. The standard InChI is InChI=1S/C11H17ClN2O/c1-14(7-3-6-13)8-9-10(12)4-2-5-11(9)15/h2,4-5,15H,3,6-8,13H2,1H3. The zero-order valence-electron chi connectivity index (χ0n) is 8.91. The summed E-state index contributed by atoms with van der Waals surface area (Å²) < 4.78 is 0. The van der Waals surface area contributed by atoms with Gasteiger partial charge in [-0.25, -0.2) is 0 Å². The van der Waals surface area contributed by atoms with Gasteiger partial charge in [-0.1, -0.05) is 17.7 Å². The highest BCUT2D eigenvalue weighted by Gasteiger charge is 2.08. The number of halogens is 1. The molecule has 0 aliphatic heterocycles. The molecule has 1 aromatic carbocycles. The second kappa shape index (κ2) is 5.95. The fourth-order valence-corrected chi connectivity index (χ4v) is 1.64. The van der Waals surface area contributed by atoms with Crippen LogP contribution in [-0.2, 0) is 6.54 Å². The Bertz CT molecular complexity index is 297. The highest BCUT2D eigenvalue weighted by molar-refractivity contribution is 6.31. The molecule has 0 fully saturated rings. The Kier molecular flexibility index (Phi) is 4.88. The van der Waals surface area contributed by atoms with Crippen LogP contribution < -0.4 is 5.73 Å². The van der Waals surface area contributed by atoms with Crippen molar-refractivity contribution in [3.8, 4) is 5.75 Å². The lowest BCUT2D eigenvalue weighted by molar-refractivity contribution is 0.318. The van der Waals surface area contributed by atoms with Crippen molar-refractivity contribution in [1.29, 1.82) is 0 Å². The van der Waals surface area contributed by atoms with Gasteiger partial charge in [-0.2, -0.15) is 0 Å². The summed E-state index contributed by atoms with van der Waals surface area (Å²) in [5, 5.41) is 10.2. The molecule has 0 bridgehead atoms. The maximum Gasteiger partial charge on any atom is 0.121 e. The molecule has 0 unspecified atom stereocenters. The second-order valence-corrected chi connectivity index (χ2v) is 4.02. The number of phenols is 1. The van der Waals surface area contributed by atoms with Gasteiger partial charge in [0, 0.05) is 17.1 Å². The van der Waals surface area contributed by atoms with Gasteiger partial charge >= 0.3 is 0 Å². The topological polar surface area (TPSA) is 49.5 Å². The van der Waals surface area contributed by atoms with Crippen molar-refractivity contribution in [2.75, 3.05) is 20.1 Å². The average molecular weight is 229 g/mol. The molecular formula is C11H17ClN2O. The van der Waals surface area contributed by atoms with Crippen LogP contribution in [0.1, 0.15) is 12.0 Å². The van der Waals surface area contributed by atoms with Gasteiger partial charge in [-0.3, -0.25) is 0 Å². The fourth-order valence-electron chi connectivity index (χ4n) is 1.41. The van der Waals surface area contributed by atoms with E-state index in [1.54, 1.807) is 18.2 Å². The van der Waals surface area contributed by atoms with Crippen molar-refractivity contribution in [3.05, 3.63) is 28.8 Å². The molecule has 0 heterocycles. The number of phenolic OH excluding ortho intramolecular Hbond substituents is 1. The van der Waals surface area contributed by atoms with Crippen LogP contribution in [0, 0.1) is 0 Å². The smallest absolute Gasteiger partial charge is 0.121 e. The third kappa shape index (κ3) is 3.70. The van der Waals surface area contributed by atoms with Gasteiger partial charge in [0.15, 0.2) is 0 Å². The number of rotatable bonds is 5. The van der Waals surface area contributed by atoms with Crippen LogP contribution in [0.2, 0.25) is 5.02 Å². The molecule has 0 aliphatic rings. The Morgan fingerprint density at radius 2 is 2.20 bits per heavy atom. The first-order chi connectivity index (χ1) is 7.15. The lowest BCUT2D eigenvalue weighted by atomic mass is 10.2. The van der Waals surface area contributed by atoms with Crippen LogP contribution in [-0.4, -0.2) is 30.1 Å². The van der Waals surface area contributed by atoms with Gasteiger partial charge < -0.3 is 15.7 Å². The van der Waals surface area contributed by atoms with E-state index in [4.69, 9.17) is 17.3 Å². The molecule has 4 heteroatoms. The second-order valence-electron chi connectivity index (χ2n) is 3.62. The van der Waals surface area contributed by atoms with Crippen molar-refractivity contribution in [3.63, 3.8) is 0 Å². The zero-order valence-corrected chi connectivity index (χ0v) is 9.67. The van der Waals surface area contributed by atoms with E-state index in [1.165, 1.54) is 0 Å². The van der Waals surface area contributed by atoms with E-state index in [-0.39, 0.29) is 5.75 Å². The quantitative estimate of drug-likeness (QED) is 0.809. The predicted molar refractivity (Wildman–Crippen MR) is 63.1 cm³/mol. The van der Waals surface area contributed by atoms with Gasteiger partial charge in [0.05, 0.1) is 0 Å². The number of benzene rings is 1. The van der Waals surface area contributed by atoms with Crippen molar-refractivity contribution in [2.45, 2.75) is 13.0 Å². The third-order valence-corrected chi connectivity index (χ3v) is 2.62. The molecule has 0 aliphatic carbocycles. The molecule has 0 radical (unpaired) electrons. The molecule has 0 spiro atoms. The molecular weight excluding hydrogens is 212 g/mol. The summed E-state index contributed by atoms with van der Waals surface area (Å²) >= 11 is 6.00. The summed E-state index contributed by atoms with van der Waals surface area (Å²) in [5.74, 6) is 0.252. The zero-order chi connectivity index (χ0) is 11.3. The Morgan fingerprint density at radius 3 is 2.80 bits per heavy atom. The molecule has 3 nitrogen and oxygen atoms in total. The summed E-state index contributed by atoms with van der Waals surface area (Å²) in [6.07, 6.45) is 0.946. The number of nitrogens with two attached hydrogens (primary N) is 1. The van der Waals surface area contributed by atoms with E-state index in [1.807, 2.05) is 7.05 Å². The monoisotopic (exact) mass is 228 g/mol. The molecule has 0 amide bonds. The minimum absolute atomic E-state index is 0.252. The summed E-state index contributed by atoms with van der Waals surface area (Å²) in [4.78, 5) is 2.09. The van der Waals surface area contributed by atoms with E-state index in [9.17, 15) is 5.11 Å². The Labute approximate surface area is 95.5 Å². The highest BCUT2D eigenvalue weighted by atomic mass is 35.5. The van der Waals surface area contributed by atoms with Crippen molar-refractivity contribution >= 4 is 11.6 Å². The Hall–Kier alpha value is -0.770. The fraction of sp³-hybridized carbons (Fsp3) is 0.455. The van der Waals surface area contributed by atoms with Gasteiger partial charge in [0.1, 0.15) is 5.75 Å². The molecule has 0 saturated carbocycles. The lowest BCUT2D eigenvalue weighted by Gasteiger charge is -2.17. The largest absolute Gasteiger partial charge is 0.508 e. The highest BCUT2D eigenvalue weighted by Crippen LogP contribution is 2.26. The Balaban J connectivity index is 2.63. The number of nitrogens with zero attached hydrogens (tertiary/aromatic N) is 1. The van der Waals surface area contributed by atoms with Crippen LogP contribution in [0.15, 0.2) is 18.2 Å². The molecule has 0 atom stereocenters. The maximum absolute atomic E-state index is 9.63. The predicted octanol–water partition coefficient (Wildman–Crippen LogP) is 1.83. The van der Waals surface area contributed by atoms with Crippen LogP contribution in [0.4, 0.5) is 0 Å². The third-order valence-electron chi connectivity index (χ3n) is 2.27. The van der Waals surface area contributed by atoms with Crippen molar-refractivity contribution in [2.24, 2.45) is 5.73 Å². The van der Waals surface area contributed by atoms with Gasteiger partial charge in [-0.15, -0.1) is 0 Å². The first kappa shape index (κ1) is 12.3. The van der Waals surface area contributed by atoms with E-state index >= 15 is 0 Å². The summed E-state index contributed by atoms with van der Waals surface area (Å²) in [6, 6.07) is 5.17. The minimum Gasteiger partial charge on any atom is -0.508 e. The van der Waals surface area contributed by atoms with Gasteiger partial charge in [-0.05, 0) is 38.7 Å². The van der Waals surface area contributed by atoms with E-state index in [0.717, 1.165) is 18.5 Å². The minimum atomic E-state index is 0.252. The number of aromatic hydroxyl groups is 1. The maximum atomic E-state index is 9.63. The van der Waals surface area contributed by atoms with Crippen molar-refractivity contribution < 1.29 is 5.11 Å². The lowest BCUT2D eigenvalue weighted by Crippen LogP contribution is -2.21. The summed E-state index contributed by atoms with van der Waals surface area (Å²) in [5.41, 5.74) is 6.20. The van der Waals surface area contributed by atoms with Crippen LogP contribution in [0.5, 0.6) is 5.75 Å².